The Hall–Kier alpha value is -3.62. The third-order valence-electron chi connectivity index (χ3n) is 5.35. The molecule has 0 fully saturated rings. The summed E-state index contributed by atoms with van der Waals surface area (Å²) in [7, 11) is 0. The minimum absolute atomic E-state index is 0. The number of hydrogen-bond acceptors (Lipinski definition) is 8. The fraction of sp³-hybridized carbons (Fsp3) is 0.125. The van der Waals surface area contributed by atoms with Crippen molar-refractivity contribution in [2.24, 2.45) is 0 Å². The van der Waals surface area contributed by atoms with E-state index in [1.165, 1.54) is 24.3 Å². The number of allylic oxidation sites excluding steroid dienone is 8. The van der Waals surface area contributed by atoms with Gasteiger partial charge in [-0.1, -0.05) is 24.3 Å². The van der Waals surface area contributed by atoms with Crippen molar-refractivity contribution in [3.63, 3.8) is 0 Å². The molecule has 0 spiro atoms. The zero-order valence-corrected chi connectivity index (χ0v) is 33.1. The predicted octanol–water partition coefficient (Wildman–Crippen LogP) is 10.6. The molecule has 57 heavy (non-hydrogen) atoms. The third-order valence-corrected chi connectivity index (χ3v) is 8.92. The second-order valence-corrected chi connectivity index (χ2v) is 13.4. The van der Waals surface area contributed by atoms with E-state index in [0.717, 1.165) is 45.3 Å². The minimum Gasteiger partial charge on any atom is -0.504 e. The van der Waals surface area contributed by atoms with Gasteiger partial charge in [-0.05, 0) is 45.8 Å². The SMILES string of the molecule is O/C(=C\C(=[OH+])c1cccs1)C(F)(F)F.O/C(=C\C(=[OH+])c1cccs1)C(F)(F)F.O/C(=C\C(=[OH+])c1cccs1)C(F)(F)F.O/C(=C\C(=[OH+])c1cccs1)C(F)(F)F.[Eu+3]. The predicted molar refractivity (Wildman–Crippen MR) is 189 cm³/mol. The van der Waals surface area contributed by atoms with Gasteiger partial charge < -0.3 is 20.4 Å². The summed E-state index contributed by atoms with van der Waals surface area (Å²) in [6.45, 7) is 0. The van der Waals surface area contributed by atoms with Crippen LogP contribution in [0.15, 0.2) is 117 Å². The van der Waals surface area contributed by atoms with Crippen LogP contribution in [0.1, 0.15) is 19.5 Å². The molecular formula is C32H24EuF12O8S4+7. The van der Waals surface area contributed by atoms with Crippen LogP contribution in [-0.4, -0.2) is 87.4 Å². The van der Waals surface area contributed by atoms with Crippen molar-refractivity contribution in [2.45, 2.75) is 24.7 Å². The Balaban J connectivity index is 0.000000729. The molecule has 0 aliphatic rings. The maximum absolute atomic E-state index is 11.8. The van der Waals surface area contributed by atoms with Crippen LogP contribution in [0.25, 0.3) is 0 Å². The van der Waals surface area contributed by atoms with Crippen LogP contribution in [0.4, 0.5) is 52.7 Å². The molecule has 8 nitrogen and oxygen atoms in total. The minimum atomic E-state index is -4.83. The Morgan fingerprint density at radius 2 is 0.544 bits per heavy atom. The molecule has 0 bridgehead atoms. The van der Waals surface area contributed by atoms with Gasteiger partial charge in [0.25, 0.3) is 0 Å². The van der Waals surface area contributed by atoms with E-state index >= 15 is 0 Å². The molecule has 0 radical (unpaired) electrons. The molecule has 0 amide bonds. The molecule has 4 heterocycles. The molecule has 0 aliphatic heterocycles. The molecule has 0 aliphatic carbocycles. The van der Waals surface area contributed by atoms with Crippen molar-refractivity contribution in [1.29, 1.82) is 0 Å². The first-order valence-corrected chi connectivity index (χ1v) is 17.5. The number of aliphatic hydroxyl groups is 4. The fourth-order valence-corrected chi connectivity index (χ4v) is 5.39. The Morgan fingerprint density at radius 3 is 0.649 bits per heavy atom. The number of ketones is 4. The third kappa shape index (κ3) is 20.6. The van der Waals surface area contributed by atoms with Gasteiger partial charge in [0, 0.05) is 0 Å². The van der Waals surface area contributed by atoms with E-state index in [1.807, 2.05) is 0 Å². The second kappa shape index (κ2) is 23.7. The summed E-state index contributed by atoms with van der Waals surface area (Å²) in [6.07, 6.45) is -18.2. The largest absolute Gasteiger partial charge is 3.00 e. The molecule has 25 heteroatoms. The monoisotopic (exact) mass is 1040 g/mol. The topological polar surface area (TPSA) is 167 Å². The summed E-state index contributed by atoms with van der Waals surface area (Å²) < 4.78 is 142. The number of rotatable bonds is 8. The molecule has 0 aromatic carbocycles. The number of halogens is 12. The van der Waals surface area contributed by atoms with Crippen molar-refractivity contribution in [1.82, 2.24) is 0 Å². The summed E-state index contributed by atoms with van der Waals surface area (Å²) in [4.78, 5) is 37.6. The number of thiophene rings is 4. The van der Waals surface area contributed by atoms with E-state index in [-0.39, 0.29) is 93.2 Å². The Labute approximate surface area is 368 Å². The van der Waals surface area contributed by atoms with Gasteiger partial charge in [0.15, 0.2) is 0 Å². The number of hydrogen-bond donors (Lipinski definition) is 4. The number of carbonyl (C=O) groups excluding carboxylic acids is 4. The number of aliphatic hydroxyl groups excluding tert-OH is 4. The zero-order valence-electron chi connectivity index (χ0n) is 27.4. The van der Waals surface area contributed by atoms with Crippen molar-refractivity contribution in [3.8, 4) is 0 Å². The molecule has 0 atom stereocenters. The van der Waals surface area contributed by atoms with E-state index in [9.17, 15) is 52.7 Å². The molecule has 4 aromatic rings. The summed E-state index contributed by atoms with van der Waals surface area (Å²) in [5.41, 5.74) is 0. The quantitative estimate of drug-likeness (QED) is 0.0454. The summed E-state index contributed by atoms with van der Waals surface area (Å²) in [5.74, 6) is -9.67. The van der Waals surface area contributed by atoms with E-state index < -0.39 is 70.9 Å². The van der Waals surface area contributed by atoms with Crippen LogP contribution in [0.5, 0.6) is 0 Å². The maximum Gasteiger partial charge on any atom is 3.00 e. The van der Waals surface area contributed by atoms with Crippen LogP contribution in [0.2, 0.25) is 0 Å². The average Bonchev–Trinajstić information content (AvgIpc) is 3.92. The molecule has 4 aromatic heterocycles. The van der Waals surface area contributed by atoms with E-state index in [4.69, 9.17) is 39.6 Å². The van der Waals surface area contributed by atoms with Gasteiger partial charge >= 0.3 is 97.2 Å². The molecule has 0 saturated heterocycles. The van der Waals surface area contributed by atoms with Gasteiger partial charge in [0.1, 0.15) is 19.5 Å². The van der Waals surface area contributed by atoms with Gasteiger partial charge in [-0.3, -0.25) is 19.2 Å². The number of alkyl halides is 12. The van der Waals surface area contributed by atoms with Gasteiger partial charge in [0.05, 0.1) is 24.3 Å². The van der Waals surface area contributed by atoms with E-state index in [0.29, 0.717) is 0 Å². The fourth-order valence-electron chi connectivity index (χ4n) is 2.83. The molecule has 8 N–H and O–H groups in total. The van der Waals surface area contributed by atoms with Gasteiger partial charge in [-0.2, -0.15) is 52.7 Å². The first kappa shape index (κ1) is 53.4. The van der Waals surface area contributed by atoms with Crippen LogP contribution >= 0.6 is 45.3 Å². The maximum atomic E-state index is 11.8. The molecule has 0 unspecified atom stereocenters. The summed E-state index contributed by atoms with van der Waals surface area (Å²) in [6, 6.07) is 12.1. The Morgan fingerprint density at radius 1 is 0.386 bits per heavy atom. The molecule has 4 rings (SSSR count). The first-order valence-electron chi connectivity index (χ1n) is 13.9. The van der Waals surface area contributed by atoms with Gasteiger partial charge in [0.2, 0.25) is 23.0 Å². The standard InChI is InChI=1S/4C8H5F3O2S.Eu/c4*9-8(10,11)7(13)4-5(12)6-2-1-3-14-6;/h4*1-4,13H;/q;;;;+3/p+4/b4*7-4-;. The van der Waals surface area contributed by atoms with E-state index in [2.05, 4.69) is 0 Å². The first-order chi connectivity index (χ1) is 25.6. The van der Waals surface area contributed by atoms with Gasteiger partial charge in [-0.25, -0.2) is 0 Å². The van der Waals surface area contributed by atoms with Crippen molar-refractivity contribution < 1.29 is 142 Å². The summed E-state index contributed by atoms with van der Waals surface area (Å²) >= 11 is 4.29. The normalized spacial score (nSPS) is 12.7. The molecule has 0 saturated carbocycles. The van der Waals surface area contributed by atoms with Crippen LogP contribution in [0, 0.1) is 49.4 Å². The Kier molecular flexibility index (Phi) is 22.2. The van der Waals surface area contributed by atoms with Crippen molar-refractivity contribution in [3.05, 3.63) is 137 Å². The van der Waals surface area contributed by atoms with Gasteiger partial charge in [-0.15, -0.1) is 45.3 Å². The van der Waals surface area contributed by atoms with Crippen molar-refractivity contribution in [2.75, 3.05) is 0 Å². The Bertz CT molecular complexity index is 1700. The van der Waals surface area contributed by atoms with E-state index in [1.54, 1.807) is 45.8 Å². The second-order valence-electron chi connectivity index (χ2n) is 9.56. The smallest absolute Gasteiger partial charge is 0.504 e. The average molecular weight is 1040 g/mol. The zero-order chi connectivity index (χ0) is 43.1. The van der Waals surface area contributed by atoms with Crippen molar-refractivity contribution >= 4 is 68.5 Å². The summed E-state index contributed by atoms with van der Waals surface area (Å²) in [5, 5.41) is 40.5. The molecule has 308 valence electrons. The van der Waals surface area contributed by atoms with Crippen LogP contribution in [0.3, 0.4) is 0 Å². The van der Waals surface area contributed by atoms with Crippen LogP contribution < -0.4 is 0 Å². The molecular weight excluding hydrogens is 1020 g/mol. The van der Waals surface area contributed by atoms with Crippen LogP contribution in [-0.2, 0) is 0 Å².